The Balaban J connectivity index is 1.84. The second-order valence-corrected chi connectivity index (χ2v) is 7.94. The first-order valence-corrected chi connectivity index (χ1v) is 8.89. The highest BCUT2D eigenvalue weighted by atomic mass is 19.4. The number of hydrogen-bond acceptors (Lipinski definition) is 3. The molecule has 4 atom stereocenters. The molecule has 0 bridgehead atoms. The quantitative estimate of drug-likeness (QED) is 0.793. The molecule has 0 radical (unpaired) electrons. The van der Waals surface area contributed by atoms with Crippen LogP contribution >= 0.6 is 0 Å². The molecule has 1 unspecified atom stereocenters. The lowest BCUT2D eigenvalue weighted by Gasteiger charge is -2.31. The molecule has 3 rings (SSSR count). The van der Waals surface area contributed by atoms with Crippen molar-refractivity contribution in [2.45, 2.75) is 38.5 Å². The van der Waals surface area contributed by atoms with E-state index in [1.807, 2.05) is 13.8 Å². The molecule has 1 aromatic carbocycles. The van der Waals surface area contributed by atoms with Crippen molar-refractivity contribution in [3.8, 4) is 0 Å². The van der Waals surface area contributed by atoms with Crippen LogP contribution in [0.15, 0.2) is 30.3 Å². The summed E-state index contributed by atoms with van der Waals surface area (Å²) in [6.07, 6.45) is -5.31. The molecule has 0 spiro atoms. The van der Waals surface area contributed by atoms with Crippen LogP contribution in [0.1, 0.15) is 19.4 Å². The minimum atomic E-state index is -5.14. The second-order valence-electron chi connectivity index (χ2n) is 7.94. The van der Waals surface area contributed by atoms with Gasteiger partial charge in [0.25, 0.3) is 0 Å². The van der Waals surface area contributed by atoms with Crippen LogP contribution in [-0.2, 0) is 20.8 Å². The number of amides is 2. The summed E-state index contributed by atoms with van der Waals surface area (Å²) in [7, 11) is 0. The van der Waals surface area contributed by atoms with E-state index in [9.17, 15) is 32.7 Å². The monoisotopic (exact) mass is 398 g/mol. The maximum atomic E-state index is 13.0. The van der Waals surface area contributed by atoms with E-state index in [-0.39, 0.29) is 30.2 Å². The molecule has 1 saturated heterocycles. The first kappa shape index (κ1) is 20.2. The van der Waals surface area contributed by atoms with Crippen LogP contribution in [0.25, 0.3) is 0 Å². The number of piperidine rings is 1. The lowest BCUT2D eigenvalue weighted by Crippen LogP contribution is -2.56. The van der Waals surface area contributed by atoms with Gasteiger partial charge in [0.1, 0.15) is 12.1 Å². The van der Waals surface area contributed by atoms with Gasteiger partial charge >= 0.3 is 18.1 Å². The van der Waals surface area contributed by atoms with E-state index >= 15 is 0 Å². The lowest BCUT2D eigenvalue weighted by atomic mass is 9.99. The zero-order valence-electron chi connectivity index (χ0n) is 15.4. The molecule has 9 heteroatoms. The SMILES string of the molecule is CC1(C)[C@@H]2[C@@H](C(=O)O)N(C(=O)C(Cc3ccccc3)NC(=O)C(F)(F)F)C[C@@H]21. The molecular weight excluding hydrogens is 377 g/mol. The Morgan fingerprint density at radius 2 is 1.86 bits per heavy atom. The average molecular weight is 398 g/mol. The normalized spacial score (nSPS) is 26.3. The van der Waals surface area contributed by atoms with Crippen molar-refractivity contribution in [3.05, 3.63) is 35.9 Å². The number of hydrogen-bond donors (Lipinski definition) is 2. The zero-order valence-corrected chi connectivity index (χ0v) is 15.4. The van der Waals surface area contributed by atoms with Crippen LogP contribution < -0.4 is 5.32 Å². The molecule has 2 aliphatic rings. The number of carbonyl (C=O) groups is 3. The van der Waals surface area contributed by atoms with Gasteiger partial charge in [0, 0.05) is 18.9 Å². The Kier molecular flexibility index (Phi) is 4.89. The van der Waals surface area contributed by atoms with Crippen LogP contribution in [0.5, 0.6) is 0 Å². The van der Waals surface area contributed by atoms with Gasteiger partial charge in [0.15, 0.2) is 0 Å². The maximum Gasteiger partial charge on any atom is 0.471 e. The summed E-state index contributed by atoms with van der Waals surface area (Å²) < 4.78 is 38.2. The molecule has 0 aromatic heterocycles. The third-order valence-corrected chi connectivity index (χ3v) is 5.89. The van der Waals surface area contributed by atoms with Crippen molar-refractivity contribution >= 4 is 17.8 Å². The number of alkyl halides is 3. The van der Waals surface area contributed by atoms with Crippen LogP contribution in [0, 0.1) is 17.3 Å². The van der Waals surface area contributed by atoms with Gasteiger partial charge < -0.3 is 15.3 Å². The fraction of sp³-hybridized carbons (Fsp3) is 0.526. The van der Waals surface area contributed by atoms with Gasteiger partial charge in [-0.05, 0) is 16.9 Å². The Labute approximate surface area is 159 Å². The number of nitrogens with zero attached hydrogens (tertiary/aromatic N) is 1. The van der Waals surface area contributed by atoms with Gasteiger partial charge in [-0.3, -0.25) is 9.59 Å². The number of halogens is 3. The Bertz CT molecular complexity index is 794. The summed E-state index contributed by atoms with van der Waals surface area (Å²) in [5, 5.41) is 11.3. The Morgan fingerprint density at radius 1 is 1.25 bits per heavy atom. The maximum absolute atomic E-state index is 13.0. The average Bonchev–Trinajstić information content (AvgIpc) is 2.96. The fourth-order valence-electron chi connectivity index (χ4n) is 4.29. The molecule has 2 amide bonds. The van der Waals surface area contributed by atoms with Crippen molar-refractivity contribution in [1.82, 2.24) is 10.2 Å². The van der Waals surface area contributed by atoms with E-state index in [4.69, 9.17) is 0 Å². The van der Waals surface area contributed by atoms with Gasteiger partial charge in [-0.2, -0.15) is 13.2 Å². The van der Waals surface area contributed by atoms with E-state index in [0.29, 0.717) is 5.56 Å². The van der Waals surface area contributed by atoms with Crippen LogP contribution in [-0.4, -0.2) is 52.6 Å². The predicted octanol–water partition coefficient (Wildman–Crippen LogP) is 1.84. The summed E-state index contributed by atoms with van der Waals surface area (Å²) in [5.41, 5.74) is 0.323. The van der Waals surface area contributed by atoms with Crippen LogP contribution in [0.3, 0.4) is 0 Å². The number of aliphatic carboxylic acids is 1. The molecule has 2 fully saturated rings. The van der Waals surface area contributed by atoms with Crippen molar-refractivity contribution in [2.24, 2.45) is 17.3 Å². The van der Waals surface area contributed by atoms with Crippen molar-refractivity contribution in [2.75, 3.05) is 6.54 Å². The molecule has 2 N–H and O–H groups in total. The molecule has 1 aromatic rings. The predicted molar refractivity (Wildman–Crippen MR) is 92.0 cm³/mol. The third kappa shape index (κ3) is 3.57. The summed E-state index contributed by atoms with van der Waals surface area (Å²) in [6.45, 7) is 3.97. The van der Waals surface area contributed by atoms with Gasteiger partial charge in [-0.25, -0.2) is 4.79 Å². The molecule has 28 heavy (non-hydrogen) atoms. The van der Waals surface area contributed by atoms with E-state index in [1.165, 1.54) is 0 Å². The first-order chi connectivity index (χ1) is 12.9. The minimum Gasteiger partial charge on any atom is -0.480 e. The molecule has 152 valence electrons. The van der Waals surface area contributed by atoms with Crippen molar-refractivity contribution < 1.29 is 32.7 Å². The Morgan fingerprint density at radius 3 is 2.39 bits per heavy atom. The highest BCUT2D eigenvalue weighted by molar-refractivity contribution is 5.93. The number of rotatable bonds is 5. The fourth-order valence-corrected chi connectivity index (χ4v) is 4.29. The number of carboxylic acids is 1. The topological polar surface area (TPSA) is 86.7 Å². The molecule has 1 saturated carbocycles. The first-order valence-electron chi connectivity index (χ1n) is 8.89. The molecule has 1 heterocycles. The van der Waals surface area contributed by atoms with Crippen molar-refractivity contribution in [1.29, 1.82) is 0 Å². The molecular formula is C19H21F3N2O4. The summed E-state index contributed by atoms with van der Waals surface area (Å²) in [6, 6.07) is 5.68. The number of fused-ring (bicyclic) bond motifs is 1. The van der Waals surface area contributed by atoms with Crippen LogP contribution in [0.2, 0.25) is 0 Å². The van der Waals surface area contributed by atoms with Crippen LogP contribution in [0.4, 0.5) is 13.2 Å². The van der Waals surface area contributed by atoms with E-state index in [0.717, 1.165) is 4.90 Å². The smallest absolute Gasteiger partial charge is 0.471 e. The van der Waals surface area contributed by atoms with Gasteiger partial charge in [-0.15, -0.1) is 0 Å². The Hall–Kier alpha value is -2.58. The second kappa shape index (κ2) is 6.79. The van der Waals surface area contributed by atoms with Gasteiger partial charge in [0.2, 0.25) is 5.91 Å². The number of nitrogens with one attached hydrogen (secondary N) is 1. The van der Waals surface area contributed by atoms with E-state index in [1.54, 1.807) is 35.6 Å². The highest BCUT2D eigenvalue weighted by Crippen LogP contribution is 2.64. The number of carbonyl (C=O) groups excluding carboxylic acids is 2. The van der Waals surface area contributed by atoms with E-state index < -0.39 is 36.0 Å². The molecule has 6 nitrogen and oxygen atoms in total. The standard InChI is InChI=1S/C19H21F3N2O4/c1-18(2)11-9-24(14(13(11)18)16(26)27)15(25)12(23-17(28)19(20,21)22)8-10-6-4-3-5-7-10/h3-7,11-14H,8-9H2,1-2H3,(H,23,28)(H,26,27)/t11-,12?,13-,14-/m0/s1. The highest BCUT2D eigenvalue weighted by Gasteiger charge is 2.69. The molecule has 1 aliphatic heterocycles. The third-order valence-electron chi connectivity index (χ3n) is 5.89. The lowest BCUT2D eigenvalue weighted by molar-refractivity contribution is -0.175. The van der Waals surface area contributed by atoms with Gasteiger partial charge in [-0.1, -0.05) is 44.2 Å². The van der Waals surface area contributed by atoms with Gasteiger partial charge in [0.05, 0.1) is 0 Å². The zero-order chi connectivity index (χ0) is 20.9. The summed E-state index contributed by atoms with van der Waals surface area (Å²) >= 11 is 0. The molecule has 1 aliphatic carbocycles. The number of likely N-dealkylation sites (tertiary alicyclic amines) is 1. The van der Waals surface area contributed by atoms with Crippen molar-refractivity contribution in [3.63, 3.8) is 0 Å². The van der Waals surface area contributed by atoms with E-state index in [2.05, 4.69) is 0 Å². The summed E-state index contributed by atoms with van der Waals surface area (Å²) in [4.78, 5) is 37.3. The minimum absolute atomic E-state index is 0.0201. The number of benzene rings is 1. The largest absolute Gasteiger partial charge is 0.480 e. The summed E-state index contributed by atoms with van der Waals surface area (Å²) in [5.74, 6) is -4.49. The number of carboxylic acid groups (broad SMARTS) is 1.